The number of tetrazole rings is 4. The average Bonchev–Trinajstić information content (AvgIpc) is 3.64. The molecule has 0 saturated heterocycles. The zero-order chi connectivity index (χ0) is 24.6. The second-order valence-corrected chi connectivity index (χ2v) is 7.49. The number of aryl methyl sites for hydroxylation is 1. The molecule has 35 heavy (non-hydrogen) atoms. The van der Waals surface area contributed by atoms with Gasteiger partial charge in [-0.2, -0.15) is 19.2 Å². The third-order valence-corrected chi connectivity index (χ3v) is 4.91. The van der Waals surface area contributed by atoms with Crippen molar-refractivity contribution in [1.29, 1.82) is 0 Å². The summed E-state index contributed by atoms with van der Waals surface area (Å²) >= 11 is 0. The molecule has 0 aromatic carbocycles. The van der Waals surface area contributed by atoms with Crippen LogP contribution in [-0.2, 0) is 26.2 Å². The van der Waals surface area contributed by atoms with Gasteiger partial charge in [-0.05, 0) is 33.7 Å². The van der Waals surface area contributed by atoms with Crippen LogP contribution in [0.5, 0.6) is 0 Å². The van der Waals surface area contributed by atoms with Crippen molar-refractivity contribution in [1.82, 2.24) is 80.8 Å². The highest BCUT2D eigenvalue weighted by molar-refractivity contribution is 5.15. The number of rotatable bonds is 14. The maximum absolute atomic E-state index is 9.23. The molecule has 4 aromatic rings. The van der Waals surface area contributed by atoms with Crippen molar-refractivity contribution < 1.29 is 15.3 Å². The fourth-order valence-electron chi connectivity index (χ4n) is 3.32. The van der Waals surface area contributed by atoms with Gasteiger partial charge >= 0.3 is 0 Å². The normalized spacial score (nSPS) is 12.6. The van der Waals surface area contributed by atoms with Gasteiger partial charge in [-0.15, -0.1) is 40.8 Å². The second kappa shape index (κ2) is 11.5. The van der Waals surface area contributed by atoms with Crippen molar-refractivity contribution in [2.45, 2.75) is 57.8 Å². The third-order valence-electron chi connectivity index (χ3n) is 4.91. The number of nitrogens with zero attached hydrogens (tertiary/aromatic N) is 16. The molecule has 0 bridgehead atoms. The predicted molar refractivity (Wildman–Crippen MR) is 111 cm³/mol. The summed E-state index contributed by atoms with van der Waals surface area (Å²) < 4.78 is 0. The van der Waals surface area contributed by atoms with E-state index in [0.29, 0.717) is 18.2 Å². The molecule has 188 valence electrons. The van der Waals surface area contributed by atoms with E-state index in [2.05, 4.69) is 61.6 Å². The molecule has 4 heterocycles. The minimum Gasteiger partial charge on any atom is -0.394 e. The minimum atomic E-state index is -0.636. The summed E-state index contributed by atoms with van der Waals surface area (Å²) in [6.07, 6.45) is 1.04. The van der Waals surface area contributed by atoms with Crippen LogP contribution in [0.25, 0.3) is 0 Å². The Labute approximate surface area is 197 Å². The second-order valence-electron chi connectivity index (χ2n) is 7.49. The molecule has 19 nitrogen and oxygen atoms in total. The Balaban J connectivity index is 1.72. The van der Waals surface area contributed by atoms with Crippen molar-refractivity contribution in [2.75, 3.05) is 19.8 Å². The molecule has 0 fully saturated rings. The largest absolute Gasteiger partial charge is 0.394 e. The predicted octanol–water partition coefficient (Wildman–Crippen LogP) is -3.63. The maximum Gasteiger partial charge on any atom is 0.185 e. The topological polar surface area (TPSA) is 235 Å². The van der Waals surface area contributed by atoms with E-state index >= 15 is 0 Å². The van der Waals surface area contributed by atoms with Crippen molar-refractivity contribution >= 4 is 0 Å². The van der Waals surface area contributed by atoms with Crippen LogP contribution in [-0.4, -0.2) is 116 Å². The summed E-state index contributed by atoms with van der Waals surface area (Å²) in [5, 5.41) is 77.9. The molecule has 0 radical (unpaired) electrons. The fraction of sp³-hybridized carbons (Fsp3) is 0.750. The molecule has 4 aromatic heterocycles. The Morgan fingerprint density at radius 1 is 0.543 bits per heavy atom. The van der Waals surface area contributed by atoms with E-state index in [1.165, 1.54) is 19.2 Å². The van der Waals surface area contributed by atoms with Crippen molar-refractivity contribution in [3.8, 4) is 0 Å². The lowest BCUT2D eigenvalue weighted by Crippen LogP contribution is -2.16. The number of aliphatic hydroxyl groups excluding tert-OH is 3. The monoisotopic (exact) mass is 490 g/mol. The summed E-state index contributed by atoms with van der Waals surface area (Å²) in [5.74, 6) is 0.00401. The van der Waals surface area contributed by atoms with Gasteiger partial charge in [0.25, 0.3) is 0 Å². The Morgan fingerprint density at radius 3 is 1.14 bits per heavy atom. The fourth-order valence-corrected chi connectivity index (χ4v) is 3.32. The van der Waals surface area contributed by atoms with Crippen molar-refractivity contribution in [2.24, 2.45) is 0 Å². The van der Waals surface area contributed by atoms with Gasteiger partial charge in [-0.1, -0.05) is 6.92 Å². The first kappa shape index (κ1) is 24.3. The Morgan fingerprint density at radius 2 is 0.857 bits per heavy atom. The number of hydrogen-bond acceptors (Lipinski definition) is 15. The molecule has 4 rings (SSSR count). The standard InChI is InChI=1S/C16H26N16O3/c1-2-3-29-21-13(17-25-29)11(14-18-26-30(22-14)4-7-33)10-12(15-19-27-31(23-15)5-8-34)16-20-28-32(24-16)6-9-35/h11-12,33-35H,2-10H2,1H3. The molecule has 0 aliphatic heterocycles. The van der Waals surface area contributed by atoms with Crippen LogP contribution in [0.1, 0.15) is 54.9 Å². The number of aliphatic hydroxyl groups is 3. The first-order valence-electron chi connectivity index (χ1n) is 11.1. The number of aromatic nitrogens is 16. The highest BCUT2D eigenvalue weighted by Crippen LogP contribution is 2.33. The molecule has 0 aliphatic rings. The van der Waals surface area contributed by atoms with Crippen LogP contribution in [0.3, 0.4) is 0 Å². The lowest BCUT2D eigenvalue weighted by Gasteiger charge is -2.14. The third kappa shape index (κ3) is 5.81. The van der Waals surface area contributed by atoms with Gasteiger partial charge in [0.15, 0.2) is 23.3 Å². The summed E-state index contributed by atoms with van der Waals surface area (Å²) in [6.45, 7) is 2.63. The van der Waals surface area contributed by atoms with Gasteiger partial charge in [0.1, 0.15) is 0 Å². The van der Waals surface area contributed by atoms with Crippen LogP contribution in [0, 0.1) is 0 Å². The minimum absolute atomic E-state index is 0.149. The lowest BCUT2D eigenvalue weighted by atomic mass is 9.92. The SMILES string of the molecule is CCCn1nnc(C(CC(c2nnn(CCO)n2)c2nnn(CCO)n2)c2nnn(CCO)n2)n1. The highest BCUT2D eigenvalue weighted by atomic mass is 16.3. The van der Waals surface area contributed by atoms with Crippen molar-refractivity contribution in [3.05, 3.63) is 23.3 Å². The average molecular weight is 490 g/mol. The molecule has 0 spiro atoms. The van der Waals surface area contributed by atoms with E-state index in [9.17, 15) is 15.3 Å². The first-order chi connectivity index (χ1) is 17.1. The van der Waals surface area contributed by atoms with Crippen LogP contribution >= 0.6 is 0 Å². The van der Waals surface area contributed by atoms with E-state index in [1.54, 1.807) is 0 Å². The Bertz CT molecular complexity index is 1000. The molecule has 0 aliphatic carbocycles. The van der Waals surface area contributed by atoms with Crippen molar-refractivity contribution in [3.63, 3.8) is 0 Å². The summed E-state index contributed by atoms with van der Waals surface area (Å²) in [5.41, 5.74) is 0. The summed E-state index contributed by atoms with van der Waals surface area (Å²) in [6, 6.07) is 0. The molecule has 3 N–H and O–H groups in total. The van der Waals surface area contributed by atoms with Crippen LogP contribution < -0.4 is 0 Å². The van der Waals surface area contributed by atoms with Gasteiger partial charge < -0.3 is 15.3 Å². The summed E-state index contributed by atoms with van der Waals surface area (Å²) in [4.78, 5) is 5.29. The van der Waals surface area contributed by atoms with Crippen LogP contribution in [0.4, 0.5) is 0 Å². The number of hydrogen-bond donors (Lipinski definition) is 3. The maximum atomic E-state index is 9.23. The van der Waals surface area contributed by atoms with E-state index in [0.717, 1.165) is 6.42 Å². The van der Waals surface area contributed by atoms with Gasteiger partial charge in [0, 0.05) is 0 Å². The van der Waals surface area contributed by atoms with E-state index in [-0.39, 0.29) is 57.5 Å². The lowest BCUT2D eigenvalue weighted by molar-refractivity contribution is 0.258. The molecule has 1 atom stereocenters. The van der Waals surface area contributed by atoms with Crippen LogP contribution in [0.2, 0.25) is 0 Å². The first-order valence-corrected chi connectivity index (χ1v) is 11.1. The van der Waals surface area contributed by atoms with E-state index in [1.807, 2.05) is 6.92 Å². The Kier molecular flexibility index (Phi) is 8.00. The van der Waals surface area contributed by atoms with E-state index < -0.39 is 11.8 Å². The zero-order valence-corrected chi connectivity index (χ0v) is 19.0. The highest BCUT2D eigenvalue weighted by Gasteiger charge is 2.34. The molecule has 0 saturated carbocycles. The molecular formula is C16H26N16O3. The van der Waals surface area contributed by atoms with Gasteiger partial charge in [-0.25, -0.2) is 0 Å². The van der Waals surface area contributed by atoms with Crippen LogP contribution in [0.15, 0.2) is 0 Å². The zero-order valence-electron chi connectivity index (χ0n) is 19.0. The molecule has 0 amide bonds. The molecular weight excluding hydrogens is 464 g/mol. The van der Waals surface area contributed by atoms with Gasteiger partial charge in [0.05, 0.1) is 57.8 Å². The molecule has 1 unspecified atom stereocenters. The molecule has 19 heteroatoms. The van der Waals surface area contributed by atoms with E-state index in [4.69, 9.17) is 0 Å². The summed E-state index contributed by atoms with van der Waals surface area (Å²) in [7, 11) is 0. The smallest absolute Gasteiger partial charge is 0.185 e. The quantitative estimate of drug-likeness (QED) is 0.155. The van der Waals surface area contributed by atoms with Gasteiger partial charge in [0.2, 0.25) is 0 Å². The van der Waals surface area contributed by atoms with Gasteiger partial charge in [-0.3, -0.25) is 0 Å². The Hall–Kier alpha value is -3.84.